The summed E-state index contributed by atoms with van der Waals surface area (Å²) in [7, 11) is 4.47. The van der Waals surface area contributed by atoms with Gasteiger partial charge in [0, 0.05) is 51.4 Å². The molecule has 1 heterocycles. The lowest BCUT2D eigenvalue weighted by Gasteiger charge is -2.38. The van der Waals surface area contributed by atoms with Crippen molar-refractivity contribution in [3.63, 3.8) is 0 Å². The summed E-state index contributed by atoms with van der Waals surface area (Å²) in [6.45, 7) is 7.25. The average molecular weight is 254 g/mol. The smallest absolute Gasteiger partial charge is 0.0244 e. The van der Waals surface area contributed by atoms with Crippen molar-refractivity contribution in [2.75, 3.05) is 53.4 Å². The van der Waals surface area contributed by atoms with Gasteiger partial charge in [-0.15, -0.1) is 0 Å². The number of nitrogens with two attached hydrogens (primary N) is 1. The van der Waals surface area contributed by atoms with Crippen LogP contribution in [0.2, 0.25) is 0 Å². The lowest BCUT2D eigenvalue weighted by Crippen LogP contribution is -2.51. The molecule has 2 aliphatic rings. The van der Waals surface area contributed by atoms with Gasteiger partial charge in [0.2, 0.25) is 0 Å². The fourth-order valence-corrected chi connectivity index (χ4v) is 3.22. The number of nitrogens with zero attached hydrogens (tertiary/aromatic N) is 3. The Morgan fingerprint density at radius 1 is 1.11 bits per heavy atom. The highest BCUT2D eigenvalue weighted by atomic mass is 15.3. The van der Waals surface area contributed by atoms with E-state index >= 15 is 0 Å². The van der Waals surface area contributed by atoms with Gasteiger partial charge >= 0.3 is 0 Å². The van der Waals surface area contributed by atoms with Crippen LogP contribution in [0, 0.1) is 0 Å². The van der Waals surface area contributed by atoms with E-state index in [0.717, 1.165) is 0 Å². The molecule has 4 nitrogen and oxygen atoms in total. The summed E-state index contributed by atoms with van der Waals surface area (Å²) in [4.78, 5) is 7.50. The molecule has 106 valence electrons. The summed E-state index contributed by atoms with van der Waals surface area (Å²) in [6, 6.07) is 1.02. The van der Waals surface area contributed by atoms with Gasteiger partial charge in [0.1, 0.15) is 0 Å². The predicted molar refractivity (Wildman–Crippen MR) is 76.8 cm³/mol. The molecule has 0 amide bonds. The van der Waals surface area contributed by atoms with Crippen molar-refractivity contribution in [2.24, 2.45) is 5.73 Å². The molecule has 4 heteroatoms. The van der Waals surface area contributed by atoms with Crippen LogP contribution in [0.5, 0.6) is 0 Å². The van der Waals surface area contributed by atoms with Crippen molar-refractivity contribution in [3.05, 3.63) is 0 Å². The van der Waals surface area contributed by atoms with Gasteiger partial charge in [-0.1, -0.05) is 12.8 Å². The second-order valence-electron chi connectivity index (χ2n) is 6.14. The van der Waals surface area contributed by atoms with E-state index in [4.69, 9.17) is 5.73 Å². The van der Waals surface area contributed by atoms with E-state index in [1.165, 1.54) is 65.0 Å². The normalized spacial score (nSPS) is 32.0. The van der Waals surface area contributed by atoms with Gasteiger partial charge in [-0.2, -0.15) is 0 Å². The molecule has 1 aliphatic carbocycles. The Morgan fingerprint density at radius 3 is 2.44 bits per heavy atom. The maximum absolute atomic E-state index is 6.24. The molecule has 2 unspecified atom stereocenters. The zero-order valence-corrected chi connectivity index (χ0v) is 12.1. The molecule has 0 aromatic heterocycles. The first-order valence-corrected chi connectivity index (χ1v) is 7.53. The third-order valence-corrected chi connectivity index (χ3v) is 4.71. The molecular weight excluding hydrogens is 224 g/mol. The Balaban J connectivity index is 1.69. The van der Waals surface area contributed by atoms with Gasteiger partial charge in [-0.05, 0) is 26.9 Å². The highest BCUT2D eigenvalue weighted by Gasteiger charge is 2.25. The SMILES string of the molecule is CN1CCN(CCN(C)C2CCCCC2N)CC1. The van der Waals surface area contributed by atoms with Crippen LogP contribution in [-0.4, -0.2) is 80.1 Å². The first kappa shape index (κ1) is 14.3. The molecule has 0 spiro atoms. The number of piperazine rings is 1. The number of hydrogen-bond donors (Lipinski definition) is 1. The highest BCUT2D eigenvalue weighted by Crippen LogP contribution is 2.20. The summed E-state index contributed by atoms with van der Waals surface area (Å²) in [6.07, 6.45) is 5.19. The minimum atomic E-state index is 0.399. The number of hydrogen-bond acceptors (Lipinski definition) is 4. The van der Waals surface area contributed by atoms with Crippen LogP contribution < -0.4 is 5.73 Å². The maximum Gasteiger partial charge on any atom is 0.0244 e. The van der Waals surface area contributed by atoms with Crippen LogP contribution in [0.1, 0.15) is 25.7 Å². The van der Waals surface area contributed by atoms with E-state index in [1.807, 2.05) is 0 Å². The van der Waals surface area contributed by atoms with Crippen LogP contribution >= 0.6 is 0 Å². The summed E-state index contributed by atoms with van der Waals surface area (Å²) >= 11 is 0. The van der Waals surface area contributed by atoms with E-state index in [-0.39, 0.29) is 0 Å². The first-order valence-electron chi connectivity index (χ1n) is 7.53. The second-order valence-corrected chi connectivity index (χ2v) is 6.14. The lowest BCUT2D eigenvalue weighted by molar-refractivity contribution is 0.115. The van der Waals surface area contributed by atoms with Gasteiger partial charge in [0.05, 0.1) is 0 Å². The Bertz CT molecular complexity index is 238. The third-order valence-electron chi connectivity index (χ3n) is 4.71. The average Bonchev–Trinajstić information content (AvgIpc) is 2.38. The molecular formula is C14H30N4. The van der Waals surface area contributed by atoms with Gasteiger partial charge in [0.15, 0.2) is 0 Å². The molecule has 0 radical (unpaired) electrons. The molecule has 0 aromatic carbocycles. The highest BCUT2D eigenvalue weighted by molar-refractivity contribution is 4.85. The molecule has 0 bridgehead atoms. The van der Waals surface area contributed by atoms with E-state index in [9.17, 15) is 0 Å². The predicted octanol–water partition coefficient (Wildman–Crippen LogP) is 0.436. The lowest BCUT2D eigenvalue weighted by atomic mass is 9.90. The Labute approximate surface area is 112 Å². The molecule has 1 aliphatic heterocycles. The zero-order chi connectivity index (χ0) is 13.0. The fraction of sp³-hybridized carbons (Fsp3) is 1.00. The standard InChI is InChI=1S/C14H30N4/c1-16-7-10-18(11-8-16)12-9-17(2)14-6-4-3-5-13(14)15/h13-14H,3-12,15H2,1-2H3. The van der Waals surface area contributed by atoms with E-state index in [0.29, 0.717) is 12.1 Å². The minimum absolute atomic E-state index is 0.399. The van der Waals surface area contributed by atoms with Gasteiger partial charge in [-0.3, -0.25) is 4.90 Å². The zero-order valence-electron chi connectivity index (χ0n) is 12.1. The van der Waals surface area contributed by atoms with Crippen LogP contribution in [0.25, 0.3) is 0 Å². The van der Waals surface area contributed by atoms with Gasteiger partial charge < -0.3 is 15.5 Å². The van der Waals surface area contributed by atoms with Crippen LogP contribution in [0.4, 0.5) is 0 Å². The molecule has 2 atom stereocenters. The van der Waals surface area contributed by atoms with Crippen molar-refractivity contribution in [3.8, 4) is 0 Å². The topological polar surface area (TPSA) is 35.7 Å². The molecule has 2 fully saturated rings. The number of likely N-dealkylation sites (N-methyl/N-ethyl adjacent to an activating group) is 2. The largest absolute Gasteiger partial charge is 0.326 e. The van der Waals surface area contributed by atoms with Crippen LogP contribution in [0.15, 0.2) is 0 Å². The van der Waals surface area contributed by atoms with Crippen molar-refractivity contribution >= 4 is 0 Å². The summed E-state index contributed by atoms with van der Waals surface area (Å²) in [5.74, 6) is 0. The Morgan fingerprint density at radius 2 is 1.78 bits per heavy atom. The quantitative estimate of drug-likeness (QED) is 0.789. The summed E-state index contributed by atoms with van der Waals surface area (Å²) in [5.41, 5.74) is 6.24. The van der Waals surface area contributed by atoms with Crippen LogP contribution in [-0.2, 0) is 0 Å². The van der Waals surface area contributed by atoms with E-state index in [2.05, 4.69) is 28.8 Å². The first-order chi connectivity index (χ1) is 8.66. The van der Waals surface area contributed by atoms with Crippen molar-refractivity contribution in [1.29, 1.82) is 0 Å². The van der Waals surface area contributed by atoms with Gasteiger partial charge in [0.25, 0.3) is 0 Å². The molecule has 2 N–H and O–H groups in total. The van der Waals surface area contributed by atoms with Crippen molar-refractivity contribution in [1.82, 2.24) is 14.7 Å². The molecule has 2 rings (SSSR count). The fourth-order valence-electron chi connectivity index (χ4n) is 3.22. The number of rotatable bonds is 4. The van der Waals surface area contributed by atoms with Crippen LogP contribution in [0.3, 0.4) is 0 Å². The molecule has 1 saturated carbocycles. The molecule has 0 aromatic rings. The van der Waals surface area contributed by atoms with Crippen molar-refractivity contribution in [2.45, 2.75) is 37.8 Å². The molecule has 1 saturated heterocycles. The van der Waals surface area contributed by atoms with Gasteiger partial charge in [-0.25, -0.2) is 0 Å². The minimum Gasteiger partial charge on any atom is -0.326 e. The van der Waals surface area contributed by atoms with Crippen molar-refractivity contribution < 1.29 is 0 Å². The van der Waals surface area contributed by atoms with E-state index in [1.54, 1.807) is 0 Å². The maximum atomic E-state index is 6.24. The second kappa shape index (κ2) is 6.85. The monoisotopic (exact) mass is 254 g/mol. The van der Waals surface area contributed by atoms with E-state index < -0.39 is 0 Å². The summed E-state index contributed by atoms with van der Waals surface area (Å²) < 4.78 is 0. The summed E-state index contributed by atoms with van der Waals surface area (Å²) in [5, 5.41) is 0. The Kier molecular flexibility index (Phi) is 5.42. The molecule has 18 heavy (non-hydrogen) atoms. The Hall–Kier alpha value is -0.160. The third kappa shape index (κ3) is 3.92.